The summed E-state index contributed by atoms with van der Waals surface area (Å²) in [5, 5.41) is 3.45. The topological polar surface area (TPSA) is 21.3 Å². The summed E-state index contributed by atoms with van der Waals surface area (Å²) in [5.41, 5.74) is 2.98. The monoisotopic (exact) mass is 235 g/mol. The number of halogens is 1. The van der Waals surface area contributed by atoms with Gasteiger partial charge in [0.15, 0.2) is 0 Å². The van der Waals surface area contributed by atoms with E-state index >= 15 is 0 Å². The van der Waals surface area contributed by atoms with Crippen LogP contribution in [0.1, 0.15) is 41.8 Å². The predicted octanol–water partition coefficient (Wildman–Crippen LogP) is 2.83. The van der Waals surface area contributed by atoms with Crippen molar-refractivity contribution >= 4 is 0 Å². The SMILES string of the molecule is Cc1ccc2c(c1)[C@@H](F)CO[C@H]2[C@@H]1CCCN1. The summed E-state index contributed by atoms with van der Waals surface area (Å²) < 4.78 is 19.6. The van der Waals surface area contributed by atoms with E-state index in [1.807, 2.05) is 25.1 Å². The van der Waals surface area contributed by atoms with Gasteiger partial charge >= 0.3 is 0 Å². The lowest BCUT2D eigenvalue weighted by Gasteiger charge is -2.32. The zero-order valence-corrected chi connectivity index (χ0v) is 10.1. The van der Waals surface area contributed by atoms with Crippen molar-refractivity contribution in [3.05, 3.63) is 34.9 Å². The molecule has 92 valence electrons. The molecular weight excluding hydrogens is 217 g/mol. The van der Waals surface area contributed by atoms with E-state index in [1.54, 1.807) is 0 Å². The number of benzene rings is 1. The van der Waals surface area contributed by atoms with Gasteiger partial charge in [0.05, 0.1) is 12.7 Å². The minimum Gasteiger partial charge on any atom is -0.368 e. The molecule has 0 aliphatic carbocycles. The maximum absolute atomic E-state index is 13.9. The van der Waals surface area contributed by atoms with E-state index in [-0.39, 0.29) is 12.7 Å². The lowest BCUT2D eigenvalue weighted by molar-refractivity contribution is -0.0179. The van der Waals surface area contributed by atoms with Gasteiger partial charge in [-0.05, 0) is 37.4 Å². The number of nitrogens with one attached hydrogen (secondary N) is 1. The van der Waals surface area contributed by atoms with E-state index in [4.69, 9.17) is 4.74 Å². The molecule has 1 fully saturated rings. The Labute approximate surface area is 101 Å². The summed E-state index contributed by atoms with van der Waals surface area (Å²) in [6.07, 6.45) is 1.36. The molecule has 0 bridgehead atoms. The van der Waals surface area contributed by atoms with Crippen molar-refractivity contribution in [2.24, 2.45) is 0 Å². The second kappa shape index (κ2) is 4.39. The van der Waals surface area contributed by atoms with Gasteiger partial charge in [0.25, 0.3) is 0 Å². The lowest BCUT2D eigenvalue weighted by Crippen LogP contribution is -2.34. The second-order valence-electron chi connectivity index (χ2n) is 5.06. The van der Waals surface area contributed by atoms with Crippen molar-refractivity contribution in [2.75, 3.05) is 13.2 Å². The molecule has 0 radical (unpaired) electrons. The van der Waals surface area contributed by atoms with Crippen LogP contribution in [0.3, 0.4) is 0 Å². The van der Waals surface area contributed by atoms with Crippen LogP contribution < -0.4 is 5.32 Å². The van der Waals surface area contributed by atoms with Crippen molar-refractivity contribution in [3.63, 3.8) is 0 Å². The van der Waals surface area contributed by atoms with Crippen molar-refractivity contribution in [1.29, 1.82) is 0 Å². The van der Waals surface area contributed by atoms with Crippen molar-refractivity contribution in [3.8, 4) is 0 Å². The fourth-order valence-corrected chi connectivity index (χ4v) is 2.90. The molecule has 3 atom stereocenters. The van der Waals surface area contributed by atoms with Crippen molar-refractivity contribution in [2.45, 2.75) is 38.1 Å². The predicted molar refractivity (Wildman–Crippen MR) is 64.7 cm³/mol. The Balaban J connectivity index is 1.96. The number of rotatable bonds is 1. The van der Waals surface area contributed by atoms with E-state index in [0.29, 0.717) is 6.04 Å². The zero-order valence-electron chi connectivity index (χ0n) is 10.1. The van der Waals surface area contributed by atoms with Gasteiger partial charge in [-0.3, -0.25) is 0 Å². The summed E-state index contributed by atoms with van der Waals surface area (Å²) in [5.74, 6) is 0. The third-order valence-electron chi connectivity index (χ3n) is 3.77. The molecule has 17 heavy (non-hydrogen) atoms. The molecule has 0 saturated carbocycles. The molecule has 3 rings (SSSR count). The second-order valence-corrected chi connectivity index (χ2v) is 5.06. The fourth-order valence-electron chi connectivity index (χ4n) is 2.90. The Morgan fingerprint density at radius 1 is 1.35 bits per heavy atom. The summed E-state index contributed by atoms with van der Waals surface area (Å²) >= 11 is 0. The minimum absolute atomic E-state index is 0.0279. The van der Waals surface area contributed by atoms with Crippen LogP contribution in [0, 0.1) is 6.92 Å². The summed E-state index contributed by atoms with van der Waals surface area (Å²) in [6, 6.07) is 6.39. The first-order chi connectivity index (χ1) is 8.25. The van der Waals surface area contributed by atoms with Crippen LogP contribution in [-0.4, -0.2) is 19.2 Å². The largest absolute Gasteiger partial charge is 0.368 e. The van der Waals surface area contributed by atoms with Crippen LogP contribution in [0.25, 0.3) is 0 Å². The van der Waals surface area contributed by atoms with Gasteiger partial charge in [0.1, 0.15) is 6.17 Å². The molecule has 2 heterocycles. The summed E-state index contributed by atoms with van der Waals surface area (Å²) in [7, 11) is 0. The third-order valence-corrected chi connectivity index (χ3v) is 3.77. The quantitative estimate of drug-likeness (QED) is 0.808. The maximum atomic E-state index is 13.9. The number of hydrogen-bond acceptors (Lipinski definition) is 2. The molecule has 0 aromatic heterocycles. The van der Waals surface area contributed by atoms with E-state index in [2.05, 4.69) is 5.32 Å². The lowest BCUT2D eigenvalue weighted by atomic mass is 9.90. The number of fused-ring (bicyclic) bond motifs is 1. The minimum atomic E-state index is -0.970. The fraction of sp³-hybridized carbons (Fsp3) is 0.571. The van der Waals surface area contributed by atoms with Gasteiger partial charge in [0.2, 0.25) is 0 Å². The summed E-state index contributed by atoms with van der Waals surface area (Å²) in [4.78, 5) is 0. The highest BCUT2D eigenvalue weighted by molar-refractivity contribution is 5.37. The van der Waals surface area contributed by atoms with E-state index < -0.39 is 6.17 Å². The Hall–Kier alpha value is -0.930. The van der Waals surface area contributed by atoms with E-state index in [0.717, 1.165) is 29.7 Å². The Morgan fingerprint density at radius 3 is 3.00 bits per heavy atom. The molecule has 1 aromatic rings. The van der Waals surface area contributed by atoms with Crippen LogP contribution >= 0.6 is 0 Å². The first kappa shape index (κ1) is 11.2. The molecule has 2 aliphatic rings. The van der Waals surface area contributed by atoms with Crippen LogP contribution in [-0.2, 0) is 4.74 Å². The number of alkyl halides is 1. The van der Waals surface area contributed by atoms with Crippen LogP contribution in [0.15, 0.2) is 18.2 Å². The standard InChI is InChI=1S/C14H18FNO/c1-9-4-5-10-11(7-9)12(15)8-17-14(10)13-3-2-6-16-13/h4-5,7,12-14,16H,2-3,6,8H2,1H3/t12-,13-,14+/m0/s1. The highest BCUT2D eigenvalue weighted by Gasteiger charge is 2.34. The Morgan fingerprint density at radius 2 is 2.24 bits per heavy atom. The maximum Gasteiger partial charge on any atom is 0.149 e. The smallest absolute Gasteiger partial charge is 0.149 e. The highest BCUT2D eigenvalue weighted by Crippen LogP contribution is 2.38. The van der Waals surface area contributed by atoms with Gasteiger partial charge in [-0.25, -0.2) is 4.39 Å². The van der Waals surface area contributed by atoms with Gasteiger partial charge < -0.3 is 10.1 Å². The summed E-state index contributed by atoms with van der Waals surface area (Å²) in [6.45, 7) is 3.25. The molecule has 3 heteroatoms. The van der Waals surface area contributed by atoms with Crippen molar-refractivity contribution < 1.29 is 9.13 Å². The molecular formula is C14H18FNO. The third kappa shape index (κ3) is 1.98. The molecule has 2 nitrogen and oxygen atoms in total. The first-order valence-corrected chi connectivity index (χ1v) is 6.35. The number of ether oxygens (including phenoxy) is 1. The number of hydrogen-bond donors (Lipinski definition) is 1. The molecule has 0 spiro atoms. The Kier molecular flexibility index (Phi) is 2.89. The molecule has 1 saturated heterocycles. The van der Waals surface area contributed by atoms with Gasteiger partial charge in [-0.1, -0.05) is 23.8 Å². The average molecular weight is 235 g/mol. The van der Waals surface area contributed by atoms with Gasteiger partial charge in [0, 0.05) is 6.04 Å². The van der Waals surface area contributed by atoms with Gasteiger partial charge in [-0.15, -0.1) is 0 Å². The Bertz CT molecular complexity index is 415. The highest BCUT2D eigenvalue weighted by atomic mass is 19.1. The van der Waals surface area contributed by atoms with E-state index in [9.17, 15) is 4.39 Å². The number of aryl methyl sites for hydroxylation is 1. The molecule has 1 aromatic carbocycles. The molecule has 0 unspecified atom stereocenters. The van der Waals surface area contributed by atoms with Crippen molar-refractivity contribution in [1.82, 2.24) is 5.32 Å². The molecule has 2 aliphatic heterocycles. The molecule has 0 amide bonds. The normalized spacial score (nSPS) is 32.5. The first-order valence-electron chi connectivity index (χ1n) is 6.35. The van der Waals surface area contributed by atoms with Crippen LogP contribution in [0.2, 0.25) is 0 Å². The van der Waals surface area contributed by atoms with Crippen LogP contribution in [0.4, 0.5) is 4.39 Å². The zero-order chi connectivity index (χ0) is 11.8. The van der Waals surface area contributed by atoms with E-state index in [1.165, 1.54) is 6.42 Å². The molecule has 1 N–H and O–H groups in total. The van der Waals surface area contributed by atoms with Crippen LogP contribution in [0.5, 0.6) is 0 Å². The average Bonchev–Trinajstić information content (AvgIpc) is 2.84. The van der Waals surface area contributed by atoms with Gasteiger partial charge in [-0.2, -0.15) is 0 Å².